The van der Waals surface area contributed by atoms with E-state index in [0.29, 0.717) is 24.4 Å². The first-order valence-corrected chi connectivity index (χ1v) is 8.74. The van der Waals surface area contributed by atoms with Gasteiger partial charge in [-0.25, -0.2) is 4.98 Å². The van der Waals surface area contributed by atoms with Gasteiger partial charge in [0.05, 0.1) is 12.1 Å². The van der Waals surface area contributed by atoms with Crippen molar-refractivity contribution >= 4 is 30.7 Å². The Labute approximate surface area is 166 Å². The van der Waals surface area contributed by atoms with E-state index in [2.05, 4.69) is 10.3 Å². The minimum atomic E-state index is 0. The number of benzene rings is 1. The topological polar surface area (TPSA) is 58.4 Å². The van der Waals surface area contributed by atoms with E-state index in [0.717, 1.165) is 36.5 Å². The monoisotopic (exact) mass is 397 g/mol. The van der Waals surface area contributed by atoms with Crippen LogP contribution in [0.5, 0.6) is 0 Å². The lowest BCUT2D eigenvalue weighted by Gasteiger charge is -2.24. The van der Waals surface area contributed by atoms with E-state index in [9.17, 15) is 4.79 Å². The van der Waals surface area contributed by atoms with Gasteiger partial charge in [-0.15, -0.1) is 24.8 Å². The summed E-state index contributed by atoms with van der Waals surface area (Å²) in [6, 6.07) is 10.9. The molecular weight excluding hydrogens is 373 g/mol. The zero-order chi connectivity index (χ0) is 16.5. The molecule has 1 aromatic heterocycles. The number of aryl methyl sites for hydroxylation is 1. The van der Waals surface area contributed by atoms with Crippen molar-refractivity contribution in [2.24, 2.45) is 0 Å². The number of oxazole rings is 1. The fraction of sp³-hybridized carbons (Fsp3) is 0.474. The number of hydrogen-bond acceptors (Lipinski definition) is 4. The van der Waals surface area contributed by atoms with Crippen molar-refractivity contribution < 1.29 is 9.21 Å². The van der Waals surface area contributed by atoms with Gasteiger partial charge in [0.15, 0.2) is 0 Å². The van der Waals surface area contributed by atoms with Crippen LogP contribution in [0.4, 0.5) is 0 Å². The van der Waals surface area contributed by atoms with E-state index < -0.39 is 0 Å². The Balaban J connectivity index is 0.00000121. The SMILES string of the molecule is Cc1oc(-c2ccccc2)nc1CC(=O)N1CCC2CCC(C1)N2.Cl.Cl. The minimum Gasteiger partial charge on any atom is -0.441 e. The van der Waals surface area contributed by atoms with Crippen LogP contribution in [0.1, 0.15) is 30.7 Å². The molecule has 1 aromatic carbocycles. The molecule has 2 fully saturated rings. The maximum atomic E-state index is 12.7. The van der Waals surface area contributed by atoms with Gasteiger partial charge < -0.3 is 14.6 Å². The van der Waals surface area contributed by atoms with Crippen LogP contribution < -0.4 is 5.32 Å². The van der Waals surface area contributed by atoms with Gasteiger partial charge in [-0.2, -0.15) is 0 Å². The summed E-state index contributed by atoms with van der Waals surface area (Å²) in [4.78, 5) is 19.3. The number of likely N-dealkylation sites (tertiary alicyclic amines) is 1. The molecule has 2 saturated heterocycles. The van der Waals surface area contributed by atoms with Crippen molar-refractivity contribution in [3.63, 3.8) is 0 Å². The molecule has 7 heteroatoms. The van der Waals surface area contributed by atoms with Crippen LogP contribution in [-0.4, -0.2) is 41.0 Å². The average molecular weight is 398 g/mol. The van der Waals surface area contributed by atoms with Crippen LogP contribution in [0.2, 0.25) is 0 Å². The largest absolute Gasteiger partial charge is 0.441 e. The summed E-state index contributed by atoms with van der Waals surface area (Å²) in [6.07, 6.45) is 3.79. The molecule has 1 N–H and O–H groups in total. The van der Waals surface area contributed by atoms with Crippen molar-refractivity contribution in [1.82, 2.24) is 15.2 Å². The van der Waals surface area contributed by atoms with Gasteiger partial charge >= 0.3 is 0 Å². The van der Waals surface area contributed by atoms with E-state index >= 15 is 0 Å². The molecule has 1 amide bonds. The van der Waals surface area contributed by atoms with Gasteiger partial charge in [-0.05, 0) is 38.3 Å². The molecular formula is C19H25Cl2N3O2. The number of aromatic nitrogens is 1. The maximum absolute atomic E-state index is 12.7. The van der Waals surface area contributed by atoms with Gasteiger partial charge in [0, 0.05) is 30.7 Å². The Morgan fingerprint density at radius 3 is 2.69 bits per heavy atom. The van der Waals surface area contributed by atoms with Gasteiger partial charge in [0.1, 0.15) is 5.76 Å². The zero-order valence-electron chi connectivity index (χ0n) is 14.8. The van der Waals surface area contributed by atoms with Gasteiger partial charge in [0.25, 0.3) is 0 Å². The molecule has 0 aliphatic carbocycles. The second-order valence-electron chi connectivity index (χ2n) is 6.83. The van der Waals surface area contributed by atoms with Gasteiger partial charge in [0.2, 0.25) is 11.8 Å². The number of fused-ring (bicyclic) bond motifs is 2. The second-order valence-corrected chi connectivity index (χ2v) is 6.83. The molecule has 2 atom stereocenters. The Kier molecular flexibility index (Phi) is 7.09. The highest BCUT2D eigenvalue weighted by molar-refractivity contribution is 5.85. The molecule has 0 saturated carbocycles. The van der Waals surface area contributed by atoms with E-state index in [1.165, 1.54) is 12.8 Å². The molecule has 4 rings (SSSR count). The Hall–Kier alpha value is -1.56. The molecule has 2 aliphatic heterocycles. The van der Waals surface area contributed by atoms with Crippen molar-refractivity contribution in [2.45, 2.75) is 44.7 Å². The lowest BCUT2D eigenvalue weighted by molar-refractivity contribution is -0.130. The van der Waals surface area contributed by atoms with Crippen molar-refractivity contribution in [2.75, 3.05) is 13.1 Å². The van der Waals surface area contributed by atoms with Crippen LogP contribution in [0.15, 0.2) is 34.7 Å². The smallest absolute Gasteiger partial charge is 0.228 e. The summed E-state index contributed by atoms with van der Waals surface area (Å²) >= 11 is 0. The molecule has 0 radical (unpaired) electrons. The zero-order valence-corrected chi connectivity index (χ0v) is 16.4. The highest BCUT2D eigenvalue weighted by atomic mass is 35.5. The summed E-state index contributed by atoms with van der Waals surface area (Å²) in [5.41, 5.74) is 1.69. The summed E-state index contributed by atoms with van der Waals surface area (Å²) in [7, 11) is 0. The number of halogens is 2. The van der Waals surface area contributed by atoms with E-state index in [1.807, 2.05) is 42.2 Å². The molecule has 5 nitrogen and oxygen atoms in total. The Morgan fingerprint density at radius 1 is 1.19 bits per heavy atom. The first-order valence-electron chi connectivity index (χ1n) is 8.74. The third-order valence-corrected chi connectivity index (χ3v) is 5.11. The number of rotatable bonds is 3. The standard InChI is InChI=1S/C19H23N3O2.2ClH/c1-13-17(21-19(24-13)14-5-3-2-4-6-14)11-18(23)22-10-9-15-7-8-16(12-22)20-15;;/h2-6,15-16,20H,7-12H2,1H3;2*1H. The molecule has 2 bridgehead atoms. The minimum absolute atomic E-state index is 0. The molecule has 2 unspecified atom stereocenters. The second kappa shape index (κ2) is 8.89. The first-order chi connectivity index (χ1) is 11.7. The van der Waals surface area contributed by atoms with Gasteiger partial charge in [-0.1, -0.05) is 18.2 Å². The molecule has 2 aliphatic rings. The normalized spacial score (nSPS) is 21.5. The summed E-state index contributed by atoms with van der Waals surface area (Å²) in [5.74, 6) is 1.48. The van der Waals surface area contributed by atoms with Crippen LogP contribution in [0.3, 0.4) is 0 Å². The summed E-state index contributed by atoms with van der Waals surface area (Å²) in [5, 5.41) is 3.61. The van der Waals surface area contributed by atoms with Crippen LogP contribution in [0.25, 0.3) is 11.5 Å². The summed E-state index contributed by atoms with van der Waals surface area (Å²) in [6.45, 7) is 3.54. The van der Waals surface area contributed by atoms with E-state index in [4.69, 9.17) is 4.42 Å². The quantitative estimate of drug-likeness (QED) is 0.861. The molecule has 3 heterocycles. The highest BCUT2D eigenvalue weighted by Crippen LogP contribution is 2.23. The van der Waals surface area contributed by atoms with Crippen LogP contribution in [0, 0.1) is 6.92 Å². The van der Waals surface area contributed by atoms with Crippen molar-refractivity contribution in [3.05, 3.63) is 41.8 Å². The number of nitrogens with zero attached hydrogens (tertiary/aromatic N) is 2. The average Bonchev–Trinajstić information content (AvgIpc) is 3.11. The van der Waals surface area contributed by atoms with Crippen LogP contribution >= 0.6 is 24.8 Å². The van der Waals surface area contributed by atoms with E-state index in [-0.39, 0.29) is 30.7 Å². The predicted octanol–water partition coefficient (Wildman–Crippen LogP) is 3.39. The number of nitrogens with one attached hydrogen (secondary N) is 1. The van der Waals surface area contributed by atoms with Crippen molar-refractivity contribution in [3.8, 4) is 11.5 Å². The first kappa shape index (κ1) is 20.7. The third-order valence-electron chi connectivity index (χ3n) is 5.11. The molecule has 142 valence electrons. The Bertz CT molecular complexity index is 736. The maximum Gasteiger partial charge on any atom is 0.228 e. The molecule has 26 heavy (non-hydrogen) atoms. The lowest BCUT2D eigenvalue weighted by Crippen LogP contribution is -2.39. The number of carbonyl (C=O) groups is 1. The predicted molar refractivity (Wildman–Crippen MR) is 106 cm³/mol. The van der Waals surface area contributed by atoms with Gasteiger partial charge in [-0.3, -0.25) is 4.79 Å². The molecule has 2 aromatic rings. The Morgan fingerprint density at radius 2 is 1.92 bits per heavy atom. The third kappa shape index (κ3) is 4.40. The van der Waals surface area contributed by atoms with E-state index in [1.54, 1.807) is 0 Å². The fourth-order valence-corrected chi connectivity index (χ4v) is 3.72. The van der Waals surface area contributed by atoms with Crippen LogP contribution in [-0.2, 0) is 11.2 Å². The fourth-order valence-electron chi connectivity index (χ4n) is 3.72. The lowest BCUT2D eigenvalue weighted by atomic mass is 10.1. The number of amides is 1. The highest BCUT2D eigenvalue weighted by Gasteiger charge is 2.31. The molecule has 0 spiro atoms. The van der Waals surface area contributed by atoms with Crippen molar-refractivity contribution in [1.29, 1.82) is 0 Å². The number of carbonyl (C=O) groups excluding carboxylic acids is 1. The number of hydrogen-bond donors (Lipinski definition) is 1. The summed E-state index contributed by atoms with van der Waals surface area (Å²) < 4.78 is 5.77.